The van der Waals surface area contributed by atoms with Crippen molar-refractivity contribution in [3.8, 4) is 17.2 Å². The molecule has 0 bridgehead atoms. The summed E-state index contributed by atoms with van der Waals surface area (Å²) in [7, 11) is 4.73. The highest BCUT2D eigenvalue weighted by Gasteiger charge is 2.09. The minimum atomic E-state index is -0.230. The molecule has 2 aromatic carbocycles. The van der Waals surface area contributed by atoms with Crippen LogP contribution in [0.4, 0.5) is 5.69 Å². The van der Waals surface area contributed by atoms with Gasteiger partial charge in [0.2, 0.25) is 5.91 Å². The molecule has 1 N–H and O–H groups in total. The molecule has 0 aliphatic heterocycles. The number of rotatable bonds is 6. The number of hydrogen-bond acceptors (Lipinski definition) is 4. The van der Waals surface area contributed by atoms with E-state index in [-0.39, 0.29) is 5.91 Å². The lowest BCUT2D eigenvalue weighted by molar-refractivity contribution is -0.111. The molecular formula is C18H18BrNO4. The van der Waals surface area contributed by atoms with Crippen LogP contribution in [-0.2, 0) is 4.79 Å². The first kappa shape index (κ1) is 17.9. The largest absolute Gasteiger partial charge is 0.497 e. The monoisotopic (exact) mass is 391 g/mol. The summed E-state index contributed by atoms with van der Waals surface area (Å²) in [5.41, 5.74) is 1.50. The van der Waals surface area contributed by atoms with Crippen molar-refractivity contribution >= 4 is 33.6 Å². The van der Waals surface area contributed by atoms with Crippen LogP contribution in [0.5, 0.6) is 17.2 Å². The van der Waals surface area contributed by atoms with Crippen LogP contribution < -0.4 is 19.5 Å². The Morgan fingerprint density at radius 1 is 1.04 bits per heavy atom. The van der Waals surface area contributed by atoms with Gasteiger partial charge in [0.05, 0.1) is 25.8 Å². The second kappa shape index (κ2) is 8.40. The lowest BCUT2D eigenvalue weighted by atomic mass is 10.2. The fourth-order valence-corrected chi connectivity index (χ4v) is 2.69. The van der Waals surface area contributed by atoms with Crippen molar-refractivity contribution in [1.82, 2.24) is 0 Å². The Kier molecular flexibility index (Phi) is 6.26. The number of methoxy groups -OCH3 is 3. The molecule has 2 aromatic rings. The summed E-state index contributed by atoms with van der Waals surface area (Å²) in [5, 5.41) is 2.78. The second-order valence-electron chi connectivity index (χ2n) is 4.79. The van der Waals surface area contributed by atoms with E-state index in [4.69, 9.17) is 14.2 Å². The highest BCUT2D eigenvalue weighted by molar-refractivity contribution is 9.10. The molecule has 0 fully saturated rings. The van der Waals surface area contributed by atoms with Gasteiger partial charge in [0.25, 0.3) is 0 Å². The standard InChI is InChI=1S/C18H18BrNO4/c1-22-14-7-5-13(6-8-14)20-17(21)9-4-12-10-15(19)18(24-3)16(11-12)23-2/h4-11H,1-3H3,(H,20,21)/b9-4+. The van der Waals surface area contributed by atoms with E-state index in [1.165, 1.54) is 6.08 Å². The highest BCUT2D eigenvalue weighted by Crippen LogP contribution is 2.36. The van der Waals surface area contributed by atoms with E-state index in [1.54, 1.807) is 57.7 Å². The Balaban J connectivity index is 2.09. The van der Waals surface area contributed by atoms with E-state index >= 15 is 0 Å². The number of ether oxygens (including phenoxy) is 3. The van der Waals surface area contributed by atoms with Crippen LogP contribution in [0.3, 0.4) is 0 Å². The van der Waals surface area contributed by atoms with E-state index in [2.05, 4.69) is 21.2 Å². The smallest absolute Gasteiger partial charge is 0.248 e. The molecule has 0 heterocycles. The summed E-state index contributed by atoms with van der Waals surface area (Å²) in [4.78, 5) is 12.0. The van der Waals surface area contributed by atoms with Gasteiger partial charge in [-0.15, -0.1) is 0 Å². The molecule has 2 rings (SSSR count). The van der Waals surface area contributed by atoms with Gasteiger partial charge in [-0.2, -0.15) is 0 Å². The second-order valence-corrected chi connectivity index (χ2v) is 5.64. The van der Waals surface area contributed by atoms with Gasteiger partial charge < -0.3 is 19.5 Å². The van der Waals surface area contributed by atoms with Crippen molar-refractivity contribution in [2.24, 2.45) is 0 Å². The van der Waals surface area contributed by atoms with Crippen molar-refractivity contribution < 1.29 is 19.0 Å². The fraction of sp³-hybridized carbons (Fsp3) is 0.167. The van der Waals surface area contributed by atoms with Gasteiger partial charge in [-0.3, -0.25) is 4.79 Å². The topological polar surface area (TPSA) is 56.8 Å². The van der Waals surface area contributed by atoms with Crippen LogP contribution >= 0.6 is 15.9 Å². The van der Waals surface area contributed by atoms with E-state index in [0.717, 1.165) is 15.8 Å². The maximum Gasteiger partial charge on any atom is 0.248 e. The zero-order chi connectivity index (χ0) is 17.5. The van der Waals surface area contributed by atoms with E-state index in [0.29, 0.717) is 17.2 Å². The summed E-state index contributed by atoms with van der Waals surface area (Å²) >= 11 is 3.42. The molecule has 0 aliphatic carbocycles. The number of anilines is 1. The van der Waals surface area contributed by atoms with Crippen molar-refractivity contribution in [3.05, 3.63) is 52.5 Å². The molecule has 0 saturated carbocycles. The fourth-order valence-electron chi connectivity index (χ4n) is 2.06. The van der Waals surface area contributed by atoms with Crippen molar-refractivity contribution in [2.45, 2.75) is 0 Å². The zero-order valence-electron chi connectivity index (χ0n) is 13.6. The molecule has 0 unspecified atom stereocenters. The minimum Gasteiger partial charge on any atom is -0.497 e. The van der Waals surface area contributed by atoms with E-state index in [9.17, 15) is 4.79 Å². The Labute approximate surface area is 149 Å². The van der Waals surface area contributed by atoms with E-state index < -0.39 is 0 Å². The van der Waals surface area contributed by atoms with E-state index in [1.807, 2.05) is 6.07 Å². The molecule has 0 aromatic heterocycles. The van der Waals surface area contributed by atoms with Crippen LogP contribution in [0.15, 0.2) is 46.9 Å². The van der Waals surface area contributed by atoms with Crippen LogP contribution in [0, 0.1) is 0 Å². The minimum absolute atomic E-state index is 0.230. The molecule has 0 atom stereocenters. The van der Waals surface area contributed by atoms with Crippen LogP contribution in [-0.4, -0.2) is 27.2 Å². The lowest BCUT2D eigenvalue weighted by Crippen LogP contribution is -2.07. The molecule has 5 nitrogen and oxygen atoms in total. The number of halogens is 1. The van der Waals surface area contributed by atoms with Crippen LogP contribution in [0.25, 0.3) is 6.08 Å². The average Bonchev–Trinajstić information content (AvgIpc) is 2.60. The van der Waals surface area contributed by atoms with Gasteiger partial charge in [-0.25, -0.2) is 0 Å². The van der Waals surface area contributed by atoms with Gasteiger partial charge >= 0.3 is 0 Å². The van der Waals surface area contributed by atoms with Crippen molar-refractivity contribution in [2.75, 3.05) is 26.6 Å². The molecular weight excluding hydrogens is 374 g/mol. The number of benzene rings is 2. The third-order valence-electron chi connectivity index (χ3n) is 3.24. The van der Waals surface area contributed by atoms with Crippen LogP contribution in [0.2, 0.25) is 0 Å². The molecule has 1 amide bonds. The number of carbonyl (C=O) groups is 1. The maximum atomic E-state index is 12.0. The first-order valence-corrected chi connectivity index (χ1v) is 7.91. The van der Waals surface area contributed by atoms with Gasteiger partial charge in [-0.1, -0.05) is 0 Å². The first-order valence-electron chi connectivity index (χ1n) is 7.12. The van der Waals surface area contributed by atoms with Crippen molar-refractivity contribution in [1.29, 1.82) is 0 Å². The Morgan fingerprint density at radius 2 is 1.75 bits per heavy atom. The van der Waals surface area contributed by atoms with Gasteiger partial charge in [0, 0.05) is 11.8 Å². The molecule has 0 saturated heterocycles. The predicted molar refractivity (Wildman–Crippen MR) is 97.9 cm³/mol. The average molecular weight is 392 g/mol. The summed E-state index contributed by atoms with van der Waals surface area (Å²) in [6.45, 7) is 0. The third-order valence-corrected chi connectivity index (χ3v) is 3.83. The Bertz CT molecular complexity index is 741. The number of nitrogens with one attached hydrogen (secondary N) is 1. The third kappa shape index (κ3) is 4.52. The maximum absolute atomic E-state index is 12.0. The zero-order valence-corrected chi connectivity index (χ0v) is 15.2. The summed E-state index contributed by atoms with van der Waals surface area (Å²) in [5.74, 6) is 1.70. The van der Waals surface area contributed by atoms with Crippen molar-refractivity contribution in [3.63, 3.8) is 0 Å². The molecule has 0 aliphatic rings. The molecule has 0 spiro atoms. The number of carbonyl (C=O) groups excluding carboxylic acids is 1. The normalized spacial score (nSPS) is 10.5. The number of amides is 1. The Hall–Kier alpha value is -2.47. The van der Waals surface area contributed by atoms with Gasteiger partial charge in [0.1, 0.15) is 5.75 Å². The predicted octanol–water partition coefficient (Wildman–Crippen LogP) is 4.13. The number of hydrogen-bond donors (Lipinski definition) is 1. The lowest BCUT2D eigenvalue weighted by Gasteiger charge is -2.10. The molecule has 6 heteroatoms. The van der Waals surface area contributed by atoms with Gasteiger partial charge in [-0.05, 0) is 64.0 Å². The summed E-state index contributed by atoms with van der Waals surface area (Å²) < 4.78 is 16.4. The molecule has 0 radical (unpaired) electrons. The van der Waals surface area contributed by atoms with Gasteiger partial charge in [0.15, 0.2) is 11.5 Å². The van der Waals surface area contributed by atoms with Crippen LogP contribution in [0.1, 0.15) is 5.56 Å². The SMILES string of the molecule is COc1ccc(NC(=O)/C=C/c2cc(Br)c(OC)c(OC)c2)cc1. The summed E-state index contributed by atoms with van der Waals surface area (Å²) in [6, 6.07) is 10.8. The quantitative estimate of drug-likeness (QED) is 0.752. The Morgan fingerprint density at radius 3 is 2.33 bits per heavy atom. The molecule has 24 heavy (non-hydrogen) atoms. The molecule has 126 valence electrons. The summed E-state index contributed by atoms with van der Waals surface area (Å²) in [6.07, 6.45) is 3.16. The highest BCUT2D eigenvalue weighted by atomic mass is 79.9. The first-order chi connectivity index (χ1) is 11.6.